The van der Waals surface area contributed by atoms with Crippen LogP contribution in [0.15, 0.2) is 126 Å². The fourth-order valence-electron chi connectivity index (χ4n) is 5.09. The van der Waals surface area contributed by atoms with Crippen molar-refractivity contribution in [2.45, 2.75) is 54.3 Å². The van der Waals surface area contributed by atoms with Crippen molar-refractivity contribution >= 4 is 10.8 Å². The Morgan fingerprint density at radius 1 is 0.650 bits per heavy atom. The van der Waals surface area contributed by atoms with E-state index in [-0.39, 0.29) is 6.61 Å². The van der Waals surface area contributed by atoms with Gasteiger partial charge >= 0.3 is 0 Å². The second kappa shape index (κ2) is 13.0. The van der Waals surface area contributed by atoms with Gasteiger partial charge in [0.2, 0.25) is 0 Å². The van der Waals surface area contributed by atoms with Crippen molar-refractivity contribution in [1.82, 2.24) is 0 Å². The lowest BCUT2D eigenvalue weighted by Crippen LogP contribution is -2.63. The molecule has 7 atom stereocenters. The number of fused-ring (bicyclic) bond motifs is 1. The van der Waals surface area contributed by atoms with E-state index in [0.717, 1.165) is 16.7 Å². The molecule has 0 amide bonds. The van der Waals surface area contributed by atoms with Gasteiger partial charge in [0.25, 0.3) is 0 Å². The Kier molecular flexibility index (Phi) is 8.78. The van der Waals surface area contributed by atoms with E-state index in [1.165, 1.54) is 0 Å². The van der Waals surface area contributed by atoms with Crippen LogP contribution in [-0.4, -0.2) is 40.7 Å². The molecule has 0 aromatic heterocycles. The molecule has 6 nitrogen and oxygen atoms in total. The summed E-state index contributed by atoms with van der Waals surface area (Å²) >= 11 is 0. The molecule has 2 fully saturated rings. The summed E-state index contributed by atoms with van der Waals surface area (Å²) in [6, 6.07) is 39.1. The first kappa shape index (κ1) is 27.0. The molecule has 2 aliphatic heterocycles. The second-order valence-electron chi connectivity index (χ2n) is 9.85. The number of benzene rings is 4. The van der Waals surface area contributed by atoms with Gasteiger partial charge in [-0.25, -0.2) is 0 Å². The van der Waals surface area contributed by atoms with Crippen LogP contribution in [0.25, 0.3) is 0 Å². The molecule has 0 aliphatic carbocycles. The molecule has 40 heavy (non-hydrogen) atoms. The van der Waals surface area contributed by atoms with E-state index in [1.807, 2.05) is 121 Å². The van der Waals surface area contributed by atoms with E-state index >= 15 is 0 Å². The van der Waals surface area contributed by atoms with Gasteiger partial charge in [0.1, 0.15) is 24.4 Å². The summed E-state index contributed by atoms with van der Waals surface area (Å²) in [6.07, 6.45) is -2.77. The predicted octanol–water partition coefficient (Wildman–Crippen LogP) is 5.80. The molecule has 2 saturated heterocycles. The molecule has 7 heteroatoms. The Bertz CT molecular complexity index is 1360. The highest BCUT2D eigenvalue weighted by atomic mass is 32.2. The zero-order valence-corrected chi connectivity index (χ0v) is 22.8. The molecule has 0 bridgehead atoms. The third-order valence-electron chi connectivity index (χ3n) is 7.11. The van der Waals surface area contributed by atoms with Gasteiger partial charge in [-0.3, -0.25) is 4.21 Å². The summed E-state index contributed by atoms with van der Waals surface area (Å²) in [5.41, 5.74) is 2.17. The smallest absolute Gasteiger partial charge is 0.184 e. The van der Waals surface area contributed by atoms with Crippen LogP contribution < -0.4 is 0 Å². The van der Waals surface area contributed by atoms with Gasteiger partial charge in [-0.1, -0.05) is 109 Å². The highest BCUT2D eigenvalue weighted by molar-refractivity contribution is 7.85. The van der Waals surface area contributed by atoms with E-state index in [4.69, 9.17) is 23.7 Å². The zero-order valence-electron chi connectivity index (χ0n) is 22.0. The molecule has 2 heterocycles. The Hall–Kier alpha value is -3.17. The standard InChI is InChI=1S/C33H32O6S/c34-40(27-19-11-4-12-20-27)33-31(36-22-25-15-7-2-8-16-25)30(35-21-24-13-5-1-6-14-24)29-28(38-33)23-37-32(39-29)26-17-9-3-10-18-26/h1-20,28-33H,21-23H2/t28-,29-,30+,31-,32?,33+,40?/m1/s1. The molecule has 0 spiro atoms. The number of hydrogen-bond donors (Lipinski definition) is 0. The summed E-state index contributed by atoms with van der Waals surface area (Å²) in [5.74, 6) is 0. The lowest BCUT2D eigenvalue weighted by atomic mass is 9.98. The van der Waals surface area contributed by atoms with E-state index < -0.39 is 46.9 Å². The maximum Gasteiger partial charge on any atom is 0.184 e. The lowest BCUT2D eigenvalue weighted by Gasteiger charge is -2.49. The summed E-state index contributed by atoms with van der Waals surface area (Å²) in [5, 5.41) is 0. The zero-order chi connectivity index (χ0) is 27.1. The lowest BCUT2D eigenvalue weighted by molar-refractivity contribution is -0.330. The van der Waals surface area contributed by atoms with Crippen molar-refractivity contribution < 1.29 is 27.9 Å². The Morgan fingerprint density at radius 2 is 1.18 bits per heavy atom. The van der Waals surface area contributed by atoms with Crippen LogP contribution in [0, 0.1) is 0 Å². The van der Waals surface area contributed by atoms with Gasteiger partial charge < -0.3 is 23.7 Å². The third-order valence-corrected chi connectivity index (χ3v) is 8.65. The first-order valence-corrected chi connectivity index (χ1v) is 14.7. The molecule has 4 aromatic rings. The van der Waals surface area contributed by atoms with Gasteiger partial charge in [0, 0.05) is 10.5 Å². The van der Waals surface area contributed by atoms with Crippen LogP contribution in [-0.2, 0) is 47.7 Å². The van der Waals surface area contributed by atoms with Crippen LogP contribution in [0.1, 0.15) is 23.0 Å². The molecule has 2 unspecified atom stereocenters. The third kappa shape index (κ3) is 6.25. The number of ether oxygens (including phenoxy) is 5. The van der Waals surface area contributed by atoms with Crippen molar-refractivity contribution in [3.05, 3.63) is 138 Å². The average molecular weight is 557 g/mol. The van der Waals surface area contributed by atoms with Gasteiger partial charge in [-0.05, 0) is 23.3 Å². The minimum absolute atomic E-state index is 0.281. The maximum atomic E-state index is 14.0. The van der Waals surface area contributed by atoms with Gasteiger partial charge in [-0.15, -0.1) is 0 Å². The second-order valence-corrected chi connectivity index (χ2v) is 11.4. The molecule has 0 N–H and O–H groups in total. The van der Waals surface area contributed by atoms with Crippen LogP contribution in [0.2, 0.25) is 0 Å². The van der Waals surface area contributed by atoms with Gasteiger partial charge in [0.15, 0.2) is 11.7 Å². The molecule has 6 rings (SSSR count). The summed E-state index contributed by atoms with van der Waals surface area (Å²) in [4.78, 5) is 0.667. The van der Waals surface area contributed by atoms with E-state index in [0.29, 0.717) is 18.1 Å². The molecule has 0 saturated carbocycles. The van der Waals surface area contributed by atoms with E-state index in [9.17, 15) is 4.21 Å². The van der Waals surface area contributed by atoms with E-state index in [2.05, 4.69) is 0 Å². The summed E-state index contributed by atoms with van der Waals surface area (Å²) in [6.45, 7) is 0.951. The monoisotopic (exact) mass is 556 g/mol. The number of rotatable bonds is 9. The highest BCUT2D eigenvalue weighted by Crippen LogP contribution is 2.38. The fourth-order valence-corrected chi connectivity index (χ4v) is 6.50. The molecule has 0 radical (unpaired) electrons. The van der Waals surface area contributed by atoms with Crippen LogP contribution >= 0.6 is 0 Å². The molecule has 2 aliphatic rings. The number of hydrogen-bond acceptors (Lipinski definition) is 6. The maximum absolute atomic E-state index is 14.0. The Balaban J connectivity index is 1.33. The molecular formula is C33H32O6S. The van der Waals surface area contributed by atoms with Crippen molar-refractivity contribution in [2.24, 2.45) is 0 Å². The normalized spacial score (nSPS) is 27.0. The first-order chi connectivity index (χ1) is 19.8. The average Bonchev–Trinajstić information content (AvgIpc) is 3.03. The fraction of sp³-hybridized carbons (Fsp3) is 0.273. The summed E-state index contributed by atoms with van der Waals surface area (Å²) < 4.78 is 46.3. The topological polar surface area (TPSA) is 63.2 Å². The van der Waals surface area contributed by atoms with Crippen molar-refractivity contribution in [2.75, 3.05) is 6.61 Å². The minimum atomic E-state index is -1.52. The summed E-state index contributed by atoms with van der Waals surface area (Å²) in [7, 11) is -1.52. The highest BCUT2D eigenvalue weighted by Gasteiger charge is 2.53. The van der Waals surface area contributed by atoms with Crippen LogP contribution in [0.3, 0.4) is 0 Å². The van der Waals surface area contributed by atoms with Crippen LogP contribution in [0.4, 0.5) is 0 Å². The van der Waals surface area contributed by atoms with Gasteiger partial charge in [0.05, 0.1) is 30.6 Å². The Morgan fingerprint density at radius 3 is 1.77 bits per heavy atom. The van der Waals surface area contributed by atoms with Crippen molar-refractivity contribution in [1.29, 1.82) is 0 Å². The SMILES string of the molecule is O=S(c1ccccc1)[C@@H]1O[C@@H]2COC(c3ccccc3)O[C@H]2[C@H](OCc2ccccc2)[C@H]1OCc1ccccc1. The van der Waals surface area contributed by atoms with Crippen molar-refractivity contribution in [3.8, 4) is 0 Å². The van der Waals surface area contributed by atoms with Crippen LogP contribution in [0.5, 0.6) is 0 Å². The predicted molar refractivity (Wildman–Crippen MR) is 152 cm³/mol. The van der Waals surface area contributed by atoms with Gasteiger partial charge in [-0.2, -0.15) is 0 Å². The Labute approximate surface area is 237 Å². The van der Waals surface area contributed by atoms with E-state index in [1.54, 1.807) is 0 Å². The quantitative estimate of drug-likeness (QED) is 0.260. The molecular weight excluding hydrogens is 524 g/mol. The first-order valence-electron chi connectivity index (χ1n) is 13.5. The van der Waals surface area contributed by atoms with Crippen molar-refractivity contribution in [3.63, 3.8) is 0 Å². The molecule has 4 aromatic carbocycles. The molecule has 206 valence electrons. The largest absolute Gasteiger partial charge is 0.368 e. The minimum Gasteiger partial charge on any atom is -0.368 e.